The van der Waals surface area contributed by atoms with Gasteiger partial charge in [-0.25, -0.2) is 15.0 Å². The Hall–Kier alpha value is -16.4. The molecule has 0 amide bonds. The first kappa shape index (κ1) is 68.8. The van der Waals surface area contributed by atoms with Crippen LogP contribution in [0.2, 0.25) is 0 Å². The molecule has 0 N–H and O–H groups in total. The van der Waals surface area contributed by atoms with E-state index in [0.717, 1.165) is 161 Å². The van der Waals surface area contributed by atoms with Gasteiger partial charge in [-0.15, -0.1) is 0 Å². The van der Waals surface area contributed by atoms with E-state index < -0.39 is 0 Å². The van der Waals surface area contributed by atoms with Crippen molar-refractivity contribution in [3.8, 4) is 113 Å². The smallest absolute Gasteiger partial charge is 0.161 e. The van der Waals surface area contributed by atoms with Gasteiger partial charge < -0.3 is 18.3 Å². The molecule has 0 saturated carbocycles. The quantitative estimate of drug-likeness (QED) is 0.122. The molecule has 7 nitrogen and oxygen atoms in total. The van der Waals surface area contributed by atoms with E-state index in [-0.39, 0.29) is 0 Å². The predicted molar refractivity (Wildman–Crippen MR) is 511 cm³/mol. The van der Waals surface area contributed by atoms with Crippen LogP contribution in [-0.4, -0.2) is 33.2 Å². The molecular weight excluding hydrogens is 1480 g/mol. The van der Waals surface area contributed by atoms with Gasteiger partial charge in [-0.3, -0.25) is 0 Å². The largest absolute Gasteiger partial charge is 0.309 e. The highest BCUT2D eigenvalue weighted by molar-refractivity contribution is 6.28. The molecule has 25 rings (SSSR count). The van der Waals surface area contributed by atoms with E-state index >= 15 is 0 Å². The predicted octanol–water partition coefficient (Wildman–Crippen LogP) is 30.2. The van der Waals surface area contributed by atoms with Crippen LogP contribution in [-0.2, 0) is 0 Å². The third kappa shape index (κ3) is 11.0. The van der Waals surface area contributed by atoms with Gasteiger partial charge in [-0.2, -0.15) is 0 Å². The number of hydrogen-bond donors (Lipinski definition) is 0. The average molecular weight is 1550 g/mol. The fourth-order valence-corrected chi connectivity index (χ4v) is 19.8. The summed E-state index contributed by atoms with van der Waals surface area (Å²) >= 11 is 0. The second kappa shape index (κ2) is 27.6. The molecule has 0 aliphatic carbocycles. The van der Waals surface area contributed by atoms with Crippen LogP contribution in [0.3, 0.4) is 0 Å². The molecule has 0 fully saturated rings. The van der Waals surface area contributed by atoms with E-state index in [1.807, 2.05) is 0 Å². The molecule has 0 aliphatic rings. The van der Waals surface area contributed by atoms with Crippen LogP contribution in [0.25, 0.3) is 243 Å². The third-order valence-corrected chi connectivity index (χ3v) is 25.3. The molecule has 25 aromatic rings. The maximum absolute atomic E-state index is 5.67. The Balaban J connectivity index is 0.582. The number of rotatable bonds is 12. The van der Waals surface area contributed by atoms with Gasteiger partial charge in [0.05, 0.1) is 66.9 Å². The van der Waals surface area contributed by atoms with Crippen LogP contribution in [0.15, 0.2) is 431 Å². The maximum atomic E-state index is 5.67. The summed E-state index contributed by atoms with van der Waals surface area (Å²) in [4.78, 5) is 16.7. The summed E-state index contributed by atoms with van der Waals surface area (Å²) < 4.78 is 9.86. The van der Waals surface area contributed by atoms with Gasteiger partial charge in [-0.1, -0.05) is 315 Å². The zero-order valence-electron chi connectivity index (χ0n) is 66.1. The maximum Gasteiger partial charge on any atom is 0.161 e. The topological polar surface area (TPSA) is 58.4 Å². The fraction of sp³-hybridized carbons (Fsp3) is 0. The van der Waals surface area contributed by atoms with E-state index in [1.54, 1.807) is 0 Å². The van der Waals surface area contributed by atoms with Crippen molar-refractivity contribution in [1.29, 1.82) is 0 Å². The Labute approximate surface area is 702 Å². The van der Waals surface area contributed by atoms with Gasteiger partial charge in [0.25, 0.3) is 0 Å². The number of hydrogen-bond acceptors (Lipinski definition) is 3. The molecule has 0 aliphatic heterocycles. The molecule has 566 valence electrons. The Morgan fingerprint density at radius 3 is 1.21 bits per heavy atom. The Kier molecular flexibility index (Phi) is 15.6. The van der Waals surface area contributed by atoms with Crippen LogP contribution < -0.4 is 0 Å². The van der Waals surface area contributed by atoms with Crippen LogP contribution >= 0.6 is 0 Å². The first-order chi connectivity index (χ1) is 60.5. The van der Waals surface area contributed by atoms with Crippen LogP contribution in [0.5, 0.6) is 0 Å². The van der Waals surface area contributed by atoms with Crippen molar-refractivity contribution in [1.82, 2.24) is 33.2 Å². The number of fused-ring (bicyclic) bond motifs is 18. The van der Waals surface area contributed by atoms with Gasteiger partial charge in [-0.05, 0) is 192 Å². The standard InChI is InChI=1S/C115H71N7/c1-4-26-72(27-5-1)82-68-101(81-53-52-77-66-85(56-54-76(77)65-81)119-106-50-20-17-44-99(106)111-108(119)62-60-96-94-43-16-19-49-105(94)121(113(96)111)83-35-6-2-7-36-83)116-102(69-82)91-42-15-14-41-89(91)79-33-22-32-75(64-79)78-55-58-95-97-61-63-109-112(114(97)122(110(95)70-78)84-37-8-3-9-38-84)100-45-18-21-51-107(100)120(109)86-57-59-90-80(67-86)34-25-48-98(90)115-117-103(92-46-23-30-73-28-10-12-39-87(73)92)71-104(118-115)93-47-24-31-74-29-11-13-40-88(74)93/h1-71H. The van der Waals surface area contributed by atoms with Gasteiger partial charge in [0.2, 0.25) is 0 Å². The zero-order chi connectivity index (χ0) is 80.0. The normalized spacial score (nSPS) is 11.9. The molecular formula is C115H71N7. The lowest BCUT2D eigenvalue weighted by atomic mass is 9.92. The van der Waals surface area contributed by atoms with E-state index in [1.165, 1.54) is 75.9 Å². The summed E-state index contributed by atoms with van der Waals surface area (Å²) in [5.41, 5.74) is 29.1. The molecule has 0 unspecified atom stereocenters. The molecule has 122 heavy (non-hydrogen) atoms. The van der Waals surface area contributed by atoms with Crippen LogP contribution in [0.1, 0.15) is 0 Å². The molecule has 0 spiro atoms. The highest BCUT2D eigenvalue weighted by atomic mass is 15.0. The van der Waals surface area contributed by atoms with E-state index in [2.05, 4.69) is 449 Å². The lowest BCUT2D eigenvalue weighted by Crippen LogP contribution is -1.98. The van der Waals surface area contributed by atoms with Crippen molar-refractivity contribution in [2.45, 2.75) is 0 Å². The molecule has 19 aromatic carbocycles. The molecule has 6 heterocycles. The van der Waals surface area contributed by atoms with E-state index in [4.69, 9.17) is 15.0 Å². The number of benzene rings is 19. The SMILES string of the molecule is c1ccc(-c2cc(-c3ccc4cc(-n5c6ccccc6c6c5ccc5c7ccccc7n(-c7ccccc7)c56)ccc4c3)nc(-c3ccccc3-c3cccc(-c4ccc5c6ccc7c(c8ccccc8n7-c7ccc8c(-c9nc(-c%10cccc%11ccccc%10%11)cc(-c%10cccc%11ccccc%10%11)n9)cccc8c7)c6n(-c6ccccc6)c5c4)c3)c2)cc1. The van der Waals surface area contributed by atoms with Crippen molar-refractivity contribution in [2.24, 2.45) is 0 Å². The van der Waals surface area contributed by atoms with E-state index in [9.17, 15) is 0 Å². The zero-order valence-corrected chi connectivity index (χ0v) is 66.1. The van der Waals surface area contributed by atoms with Crippen molar-refractivity contribution in [3.63, 3.8) is 0 Å². The first-order valence-electron chi connectivity index (χ1n) is 41.8. The first-order valence-corrected chi connectivity index (χ1v) is 41.8. The summed E-state index contributed by atoms with van der Waals surface area (Å²) in [6.07, 6.45) is 0. The molecule has 0 saturated heterocycles. The number of pyridine rings is 1. The molecule has 6 aromatic heterocycles. The molecule has 7 heteroatoms. The van der Waals surface area contributed by atoms with Crippen molar-refractivity contribution < 1.29 is 0 Å². The third-order valence-electron chi connectivity index (χ3n) is 25.3. The molecule has 0 bridgehead atoms. The van der Waals surface area contributed by atoms with Gasteiger partial charge >= 0.3 is 0 Å². The summed E-state index contributed by atoms with van der Waals surface area (Å²) in [7, 11) is 0. The monoisotopic (exact) mass is 1550 g/mol. The summed E-state index contributed by atoms with van der Waals surface area (Å²) in [6, 6.07) is 157. The average Bonchev–Trinajstić information content (AvgIpc) is 1.55. The number of nitrogens with zero attached hydrogens (tertiary/aromatic N) is 7. The van der Waals surface area contributed by atoms with Gasteiger partial charge in [0.1, 0.15) is 0 Å². The Morgan fingerprint density at radius 1 is 0.156 bits per heavy atom. The fourth-order valence-electron chi connectivity index (χ4n) is 19.8. The summed E-state index contributed by atoms with van der Waals surface area (Å²) in [5, 5.41) is 18.8. The lowest BCUT2D eigenvalue weighted by Gasteiger charge is -2.15. The van der Waals surface area contributed by atoms with E-state index in [0.29, 0.717) is 5.82 Å². The van der Waals surface area contributed by atoms with Crippen LogP contribution in [0, 0.1) is 0 Å². The minimum Gasteiger partial charge on any atom is -0.309 e. The van der Waals surface area contributed by atoms with Crippen LogP contribution in [0.4, 0.5) is 0 Å². The molecule has 0 atom stereocenters. The Morgan fingerprint density at radius 2 is 0.566 bits per heavy atom. The highest BCUT2D eigenvalue weighted by Gasteiger charge is 2.26. The number of para-hydroxylation sites is 5. The van der Waals surface area contributed by atoms with Gasteiger partial charge in [0, 0.05) is 93.7 Å². The Bertz CT molecular complexity index is 8530. The van der Waals surface area contributed by atoms with Crippen molar-refractivity contribution in [2.75, 3.05) is 0 Å². The summed E-state index contributed by atoms with van der Waals surface area (Å²) in [6.45, 7) is 0. The minimum absolute atomic E-state index is 0.677. The lowest BCUT2D eigenvalue weighted by molar-refractivity contribution is 1.18. The second-order valence-electron chi connectivity index (χ2n) is 32.1. The number of aromatic nitrogens is 7. The second-order valence-corrected chi connectivity index (χ2v) is 32.1. The highest BCUT2D eigenvalue weighted by Crippen LogP contribution is 2.48. The summed E-state index contributed by atoms with van der Waals surface area (Å²) in [5.74, 6) is 0.677. The van der Waals surface area contributed by atoms with Crippen molar-refractivity contribution >= 4 is 130 Å². The van der Waals surface area contributed by atoms with Crippen molar-refractivity contribution in [3.05, 3.63) is 431 Å². The molecule has 0 radical (unpaired) electrons. The van der Waals surface area contributed by atoms with Gasteiger partial charge in [0.15, 0.2) is 5.82 Å². The minimum atomic E-state index is 0.677.